The molecule has 1 aromatic rings. The number of carbonyl (C=O) groups excluding carboxylic acids is 2. The van der Waals surface area contributed by atoms with Crippen LogP contribution in [-0.2, 0) is 14.3 Å². The summed E-state index contributed by atoms with van der Waals surface area (Å²) in [6, 6.07) is 3.19. The molecule has 1 aromatic heterocycles. The van der Waals surface area contributed by atoms with Gasteiger partial charge in [-0.15, -0.1) is 0 Å². The fourth-order valence-electron chi connectivity index (χ4n) is 1.37. The van der Waals surface area contributed by atoms with Crippen molar-refractivity contribution in [2.24, 2.45) is 5.73 Å². The summed E-state index contributed by atoms with van der Waals surface area (Å²) in [5.41, 5.74) is 5.50. The van der Waals surface area contributed by atoms with Crippen molar-refractivity contribution in [1.82, 2.24) is 4.98 Å². The largest absolute Gasteiger partial charge is 0.464 e. The number of nitrogens with one attached hydrogen (secondary N) is 1. The first-order valence-electron chi connectivity index (χ1n) is 6.23. The zero-order valence-corrected chi connectivity index (χ0v) is 12.5. The second-order valence-electron chi connectivity index (χ2n) is 5.19. The van der Waals surface area contributed by atoms with E-state index in [9.17, 15) is 9.59 Å². The molecule has 7 nitrogen and oxygen atoms in total. The summed E-state index contributed by atoms with van der Waals surface area (Å²) >= 11 is 0. The highest BCUT2D eigenvalue weighted by molar-refractivity contribution is 5.92. The average Bonchev–Trinajstić information content (AvgIpc) is 2.35. The Kier molecular flexibility index (Phi) is 5.29. The lowest BCUT2D eigenvalue weighted by atomic mass is 10.2. The first-order valence-corrected chi connectivity index (χ1v) is 6.23. The fraction of sp³-hybridized carbons (Fsp3) is 0.357. The number of hydrogen-bond acceptors (Lipinski definition) is 6. The smallest absolute Gasteiger partial charge is 0.413 e. The van der Waals surface area contributed by atoms with Crippen LogP contribution >= 0.6 is 0 Å². The van der Waals surface area contributed by atoms with Gasteiger partial charge in [0.05, 0.1) is 7.11 Å². The fourth-order valence-corrected chi connectivity index (χ4v) is 1.37. The van der Waals surface area contributed by atoms with Gasteiger partial charge < -0.3 is 15.2 Å². The number of methoxy groups -OCH3 is 1. The van der Waals surface area contributed by atoms with E-state index in [2.05, 4.69) is 15.0 Å². The molecular formula is C14H19N3O4. The van der Waals surface area contributed by atoms with Gasteiger partial charge in [-0.05, 0) is 44.5 Å². The summed E-state index contributed by atoms with van der Waals surface area (Å²) in [6.07, 6.45) is 2.29. The standard InChI is InChI=1S/C14H19N3O4/c1-14(2,3)21-13(19)17-11-8-9(5-6-16-11)7-10(15)12(18)20-4/h5-8H,15H2,1-4H3,(H,16,17,19)/b10-7-. The highest BCUT2D eigenvalue weighted by atomic mass is 16.6. The second kappa shape index (κ2) is 6.74. The summed E-state index contributed by atoms with van der Waals surface area (Å²) in [7, 11) is 1.24. The van der Waals surface area contributed by atoms with Crippen molar-refractivity contribution in [2.45, 2.75) is 26.4 Å². The average molecular weight is 293 g/mol. The number of carbonyl (C=O) groups is 2. The quantitative estimate of drug-likeness (QED) is 0.651. The van der Waals surface area contributed by atoms with Gasteiger partial charge in [-0.25, -0.2) is 14.6 Å². The predicted octanol–water partition coefficient (Wildman–Crippen LogP) is 1.90. The summed E-state index contributed by atoms with van der Waals surface area (Å²) in [4.78, 5) is 26.8. The molecule has 0 aromatic carbocycles. The van der Waals surface area contributed by atoms with Gasteiger partial charge in [0.2, 0.25) is 0 Å². The van der Waals surface area contributed by atoms with Gasteiger partial charge in [0.25, 0.3) is 0 Å². The lowest BCUT2D eigenvalue weighted by Gasteiger charge is -2.19. The van der Waals surface area contributed by atoms with Crippen LogP contribution in [0.25, 0.3) is 6.08 Å². The van der Waals surface area contributed by atoms with Gasteiger partial charge in [-0.1, -0.05) is 0 Å². The third-order valence-electron chi connectivity index (χ3n) is 2.16. The Labute approximate surface area is 123 Å². The lowest BCUT2D eigenvalue weighted by Crippen LogP contribution is -2.27. The van der Waals surface area contributed by atoms with E-state index in [1.54, 1.807) is 32.9 Å². The molecule has 1 rings (SSSR count). The maximum Gasteiger partial charge on any atom is 0.413 e. The summed E-state index contributed by atoms with van der Waals surface area (Å²) in [5.74, 6) is -0.343. The molecule has 1 heterocycles. The summed E-state index contributed by atoms with van der Waals surface area (Å²) < 4.78 is 9.61. The number of hydrogen-bond donors (Lipinski definition) is 2. The molecule has 7 heteroatoms. The minimum atomic E-state index is -0.631. The Morgan fingerprint density at radius 3 is 2.62 bits per heavy atom. The Hall–Kier alpha value is -2.57. The Balaban J connectivity index is 2.82. The number of anilines is 1. The molecule has 114 valence electrons. The van der Waals surface area contributed by atoms with Crippen molar-refractivity contribution in [3.63, 3.8) is 0 Å². The number of nitrogens with two attached hydrogens (primary N) is 1. The maximum absolute atomic E-state index is 11.6. The molecule has 0 saturated heterocycles. The zero-order valence-electron chi connectivity index (χ0n) is 12.5. The van der Waals surface area contributed by atoms with Gasteiger partial charge in [0.1, 0.15) is 17.1 Å². The molecule has 0 aliphatic rings. The van der Waals surface area contributed by atoms with E-state index >= 15 is 0 Å². The first-order chi connectivity index (χ1) is 9.71. The van der Waals surface area contributed by atoms with Gasteiger partial charge in [0, 0.05) is 6.20 Å². The van der Waals surface area contributed by atoms with Crippen LogP contribution < -0.4 is 11.1 Å². The van der Waals surface area contributed by atoms with Crippen molar-refractivity contribution >= 4 is 24.0 Å². The minimum absolute atomic E-state index is 0.0491. The lowest BCUT2D eigenvalue weighted by molar-refractivity contribution is -0.136. The third kappa shape index (κ3) is 5.94. The van der Waals surface area contributed by atoms with Crippen LogP contribution in [0.5, 0.6) is 0 Å². The molecule has 1 amide bonds. The van der Waals surface area contributed by atoms with E-state index in [0.29, 0.717) is 5.56 Å². The molecule has 0 unspecified atom stereocenters. The molecule has 3 N–H and O–H groups in total. The Morgan fingerprint density at radius 1 is 1.38 bits per heavy atom. The van der Waals surface area contributed by atoms with Crippen LogP contribution in [0.2, 0.25) is 0 Å². The van der Waals surface area contributed by atoms with E-state index in [1.807, 2.05) is 0 Å². The van der Waals surface area contributed by atoms with Crippen molar-refractivity contribution in [1.29, 1.82) is 0 Å². The van der Waals surface area contributed by atoms with Crippen molar-refractivity contribution < 1.29 is 19.1 Å². The van der Waals surface area contributed by atoms with Gasteiger partial charge in [0.15, 0.2) is 0 Å². The van der Waals surface area contributed by atoms with Crippen molar-refractivity contribution in [2.75, 3.05) is 12.4 Å². The van der Waals surface area contributed by atoms with E-state index in [1.165, 1.54) is 19.4 Å². The van der Waals surface area contributed by atoms with Gasteiger partial charge >= 0.3 is 12.1 Å². The number of esters is 1. The molecule has 0 aliphatic carbocycles. The first kappa shape index (κ1) is 16.5. The highest BCUT2D eigenvalue weighted by Gasteiger charge is 2.16. The van der Waals surface area contributed by atoms with Crippen LogP contribution in [0.4, 0.5) is 10.6 Å². The summed E-state index contributed by atoms with van der Waals surface area (Å²) in [6.45, 7) is 5.28. The normalized spacial score (nSPS) is 11.7. The summed E-state index contributed by atoms with van der Waals surface area (Å²) in [5, 5.41) is 2.50. The van der Waals surface area contributed by atoms with Crippen LogP contribution in [-0.4, -0.2) is 29.8 Å². The van der Waals surface area contributed by atoms with E-state index < -0.39 is 17.7 Å². The SMILES string of the molecule is COC(=O)/C(N)=C/c1ccnc(NC(=O)OC(C)(C)C)c1. The van der Waals surface area contributed by atoms with Crippen molar-refractivity contribution in [3.8, 4) is 0 Å². The predicted molar refractivity (Wildman–Crippen MR) is 78.3 cm³/mol. The van der Waals surface area contributed by atoms with Crippen LogP contribution in [0, 0.1) is 0 Å². The molecular weight excluding hydrogens is 274 g/mol. The van der Waals surface area contributed by atoms with E-state index in [4.69, 9.17) is 10.5 Å². The maximum atomic E-state index is 11.6. The van der Waals surface area contributed by atoms with Crippen molar-refractivity contribution in [3.05, 3.63) is 29.6 Å². The topological polar surface area (TPSA) is 104 Å². The number of ether oxygens (including phenoxy) is 2. The number of aromatic nitrogens is 1. The molecule has 0 atom stereocenters. The van der Waals surface area contributed by atoms with Crippen LogP contribution in [0.1, 0.15) is 26.3 Å². The van der Waals surface area contributed by atoms with Gasteiger partial charge in [-0.2, -0.15) is 0 Å². The van der Waals surface area contributed by atoms with Gasteiger partial charge in [-0.3, -0.25) is 5.32 Å². The highest BCUT2D eigenvalue weighted by Crippen LogP contribution is 2.12. The molecule has 0 fully saturated rings. The van der Waals surface area contributed by atoms with Crippen LogP contribution in [0.15, 0.2) is 24.0 Å². The number of amides is 1. The molecule has 0 aliphatic heterocycles. The Morgan fingerprint density at radius 2 is 2.05 bits per heavy atom. The third-order valence-corrected chi connectivity index (χ3v) is 2.16. The van der Waals surface area contributed by atoms with E-state index in [-0.39, 0.29) is 11.5 Å². The molecule has 21 heavy (non-hydrogen) atoms. The number of pyridine rings is 1. The minimum Gasteiger partial charge on any atom is -0.464 e. The number of nitrogens with zero attached hydrogens (tertiary/aromatic N) is 1. The molecule has 0 bridgehead atoms. The number of rotatable bonds is 3. The second-order valence-corrected chi connectivity index (χ2v) is 5.19. The monoisotopic (exact) mass is 293 g/mol. The zero-order chi connectivity index (χ0) is 16.0. The molecule has 0 radical (unpaired) electrons. The Bertz CT molecular complexity index is 562. The van der Waals surface area contributed by atoms with Crippen LogP contribution in [0.3, 0.4) is 0 Å². The molecule has 0 spiro atoms. The van der Waals surface area contributed by atoms with E-state index in [0.717, 1.165) is 0 Å². The molecule has 0 saturated carbocycles.